The van der Waals surface area contributed by atoms with E-state index in [1.807, 2.05) is 26.0 Å². The van der Waals surface area contributed by atoms with Crippen LogP contribution in [0.25, 0.3) is 32.6 Å². The normalized spacial score (nSPS) is 15.0. The van der Waals surface area contributed by atoms with Gasteiger partial charge in [0.15, 0.2) is 23.1 Å². The summed E-state index contributed by atoms with van der Waals surface area (Å²) in [5.41, 5.74) is 3.10. The molecule has 8 nitrogen and oxygen atoms in total. The van der Waals surface area contributed by atoms with Crippen molar-refractivity contribution < 1.29 is 18.3 Å². The lowest BCUT2D eigenvalue weighted by Crippen LogP contribution is -2.29. The maximum absolute atomic E-state index is 15.1. The number of pyridine rings is 1. The Kier molecular flexibility index (Phi) is 7.37. The van der Waals surface area contributed by atoms with Gasteiger partial charge in [-0.2, -0.15) is 0 Å². The van der Waals surface area contributed by atoms with Gasteiger partial charge in [0.2, 0.25) is 0 Å². The summed E-state index contributed by atoms with van der Waals surface area (Å²) >= 11 is 0. The molecular formula is C29H27F2N5O3. The maximum atomic E-state index is 15.1. The van der Waals surface area contributed by atoms with Gasteiger partial charge in [-0.1, -0.05) is 0 Å². The van der Waals surface area contributed by atoms with Gasteiger partial charge in [-0.15, -0.1) is 0 Å². The number of fused-ring (bicyclic) bond motifs is 1. The van der Waals surface area contributed by atoms with Crippen LogP contribution in [0, 0.1) is 32.1 Å². The van der Waals surface area contributed by atoms with Crippen molar-refractivity contribution in [1.29, 1.82) is 0 Å². The van der Waals surface area contributed by atoms with Crippen LogP contribution in [0.2, 0.25) is 0 Å². The second-order valence-electron chi connectivity index (χ2n) is 9.48. The molecule has 0 saturated carbocycles. The molecule has 10 heteroatoms. The van der Waals surface area contributed by atoms with Gasteiger partial charge in [0.05, 0.1) is 35.8 Å². The third-order valence-electron chi connectivity index (χ3n) is 6.65. The van der Waals surface area contributed by atoms with E-state index in [4.69, 9.17) is 21.0 Å². The van der Waals surface area contributed by atoms with E-state index in [0.29, 0.717) is 23.3 Å². The highest BCUT2D eigenvalue weighted by Crippen LogP contribution is 2.34. The Morgan fingerprint density at radius 1 is 1.08 bits per heavy atom. The molecule has 1 unspecified atom stereocenters. The molecule has 0 bridgehead atoms. The fourth-order valence-corrected chi connectivity index (χ4v) is 5.00. The van der Waals surface area contributed by atoms with Crippen molar-refractivity contribution in [3.05, 3.63) is 87.0 Å². The number of benzene rings is 2. The Morgan fingerprint density at radius 3 is 2.41 bits per heavy atom. The van der Waals surface area contributed by atoms with Gasteiger partial charge < -0.3 is 14.8 Å². The molecule has 1 atom stereocenters. The molecule has 2 aromatic heterocycles. The lowest BCUT2D eigenvalue weighted by atomic mass is 10.0. The molecule has 4 aromatic rings. The van der Waals surface area contributed by atoms with E-state index < -0.39 is 22.9 Å². The van der Waals surface area contributed by atoms with Crippen molar-refractivity contribution in [2.24, 2.45) is 0 Å². The molecule has 0 radical (unpaired) electrons. The summed E-state index contributed by atoms with van der Waals surface area (Å²) < 4.78 is 41.4. The van der Waals surface area contributed by atoms with Crippen LogP contribution in [-0.2, 0) is 4.74 Å². The quantitative estimate of drug-likeness (QED) is 0.256. The van der Waals surface area contributed by atoms with Gasteiger partial charge in [-0.05, 0) is 68.6 Å². The number of nitrogens with one attached hydrogen (secondary N) is 1. The van der Waals surface area contributed by atoms with Gasteiger partial charge in [0, 0.05) is 30.6 Å². The average Bonchev–Trinajstić information content (AvgIpc) is 3.44. The monoisotopic (exact) mass is 531 g/mol. The molecule has 3 heterocycles. The van der Waals surface area contributed by atoms with Crippen LogP contribution in [0.15, 0.2) is 41.2 Å². The van der Waals surface area contributed by atoms with E-state index in [2.05, 4.69) is 15.1 Å². The number of hydrogen-bond acceptors (Lipinski definition) is 6. The fraction of sp³-hybridized carbons (Fsp3) is 0.310. The molecule has 200 valence electrons. The molecule has 0 aliphatic carbocycles. The minimum atomic E-state index is -0.947. The van der Waals surface area contributed by atoms with E-state index in [9.17, 15) is 4.79 Å². The van der Waals surface area contributed by atoms with Crippen LogP contribution >= 0.6 is 0 Å². The van der Waals surface area contributed by atoms with Crippen molar-refractivity contribution in [2.75, 3.05) is 26.9 Å². The molecule has 5 rings (SSSR count). The Hall–Kier alpha value is -4.20. The number of rotatable bonds is 7. The standard InChI is InChI=1S/C29H27F2N5O3/c1-16-10-18(11-17(2)34-16)21-12-19(32-3)13-22-26(21)35-28(25-6-5-7-33-25)36(29(22)37)20-14-23(30)27(24(31)15-20)39-9-8-38-4/h10-15,25,33H,5-9H2,1-2,4H3. The van der Waals surface area contributed by atoms with E-state index in [1.165, 1.54) is 17.7 Å². The smallest absolute Gasteiger partial charge is 0.264 e. The molecule has 2 aromatic carbocycles. The number of hydrogen-bond donors (Lipinski definition) is 1. The minimum Gasteiger partial charge on any atom is -0.485 e. The summed E-state index contributed by atoms with van der Waals surface area (Å²) in [6, 6.07) is 8.76. The van der Waals surface area contributed by atoms with E-state index >= 15 is 8.78 Å². The zero-order chi connectivity index (χ0) is 27.7. The number of nitrogens with zero attached hydrogens (tertiary/aromatic N) is 4. The van der Waals surface area contributed by atoms with Gasteiger partial charge in [0.1, 0.15) is 12.4 Å². The summed E-state index contributed by atoms with van der Waals surface area (Å²) in [4.78, 5) is 27.0. The molecule has 1 aliphatic heterocycles. The largest absolute Gasteiger partial charge is 0.485 e. The maximum Gasteiger partial charge on any atom is 0.264 e. The van der Waals surface area contributed by atoms with Crippen LogP contribution in [0.3, 0.4) is 0 Å². The summed E-state index contributed by atoms with van der Waals surface area (Å²) in [5, 5.41) is 3.52. The number of ether oxygens (including phenoxy) is 2. The first-order valence-electron chi connectivity index (χ1n) is 12.6. The number of methoxy groups -OCH3 is 1. The van der Waals surface area contributed by atoms with Crippen LogP contribution in [0.4, 0.5) is 14.5 Å². The number of aryl methyl sites for hydroxylation is 2. The van der Waals surface area contributed by atoms with Crippen molar-refractivity contribution in [3.63, 3.8) is 0 Å². The van der Waals surface area contributed by atoms with Crippen LogP contribution in [0.5, 0.6) is 5.75 Å². The summed E-state index contributed by atoms with van der Waals surface area (Å²) in [7, 11) is 1.46. The zero-order valence-electron chi connectivity index (χ0n) is 21.8. The fourth-order valence-electron chi connectivity index (χ4n) is 5.00. The Labute approximate surface area is 224 Å². The molecule has 0 spiro atoms. The van der Waals surface area contributed by atoms with Crippen molar-refractivity contribution in [3.8, 4) is 22.6 Å². The van der Waals surface area contributed by atoms with Crippen molar-refractivity contribution in [2.45, 2.75) is 32.7 Å². The Balaban J connectivity index is 1.79. The minimum absolute atomic E-state index is 0.0162. The van der Waals surface area contributed by atoms with E-state index in [0.717, 1.165) is 42.0 Å². The Morgan fingerprint density at radius 2 is 1.79 bits per heavy atom. The van der Waals surface area contributed by atoms with Gasteiger partial charge in [-0.3, -0.25) is 14.3 Å². The second-order valence-corrected chi connectivity index (χ2v) is 9.48. The first-order chi connectivity index (χ1) is 18.8. The highest BCUT2D eigenvalue weighted by molar-refractivity contribution is 5.96. The topological polar surface area (TPSA) is 82.6 Å². The molecule has 0 amide bonds. The predicted octanol–water partition coefficient (Wildman–Crippen LogP) is 5.34. The van der Waals surface area contributed by atoms with Crippen molar-refractivity contribution in [1.82, 2.24) is 19.9 Å². The van der Waals surface area contributed by atoms with E-state index in [1.54, 1.807) is 6.07 Å². The second kappa shape index (κ2) is 10.9. The first-order valence-corrected chi connectivity index (χ1v) is 12.6. The molecule has 1 fully saturated rings. The highest BCUT2D eigenvalue weighted by atomic mass is 19.1. The number of halogens is 2. The molecule has 1 aliphatic rings. The molecule has 39 heavy (non-hydrogen) atoms. The first kappa shape index (κ1) is 26.4. The van der Waals surface area contributed by atoms with Gasteiger partial charge in [-0.25, -0.2) is 18.6 Å². The predicted molar refractivity (Wildman–Crippen MR) is 144 cm³/mol. The summed E-state index contributed by atoms with van der Waals surface area (Å²) in [6.07, 6.45) is 1.56. The highest BCUT2D eigenvalue weighted by Gasteiger charge is 2.26. The Bertz CT molecular complexity index is 1630. The lowest BCUT2D eigenvalue weighted by molar-refractivity contribution is 0.141. The van der Waals surface area contributed by atoms with Crippen LogP contribution in [0.1, 0.15) is 36.1 Å². The number of aromatic nitrogens is 3. The van der Waals surface area contributed by atoms with Crippen LogP contribution in [-0.4, -0.2) is 41.4 Å². The van der Waals surface area contributed by atoms with E-state index in [-0.39, 0.29) is 36.0 Å². The third kappa shape index (κ3) is 5.11. The third-order valence-corrected chi connectivity index (χ3v) is 6.65. The average molecular weight is 532 g/mol. The zero-order valence-corrected chi connectivity index (χ0v) is 21.8. The SMILES string of the molecule is [C-]#[N+]c1cc(-c2cc(C)nc(C)c2)c2nc(C3CCCN3)n(-c3cc(F)c(OCCOC)c(F)c3)c(=O)c2c1. The molecule has 1 saturated heterocycles. The summed E-state index contributed by atoms with van der Waals surface area (Å²) in [6.45, 7) is 12.2. The lowest BCUT2D eigenvalue weighted by Gasteiger charge is -2.20. The van der Waals surface area contributed by atoms with Crippen molar-refractivity contribution >= 4 is 16.6 Å². The summed E-state index contributed by atoms with van der Waals surface area (Å²) in [5.74, 6) is -2.09. The van der Waals surface area contributed by atoms with Crippen LogP contribution < -0.4 is 15.6 Å². The molecular weight excluding hydrogens is 504 g/mol. The molecule has 1 N–H and O–H groups in total. The van der Waals surface area contributed by atoms with Gasteiger partial charge >= 0.3 is 0 Å². The van der Waals surface area contributed by atoms with Gasteiger partial charge in [0.25, 0.3) is 5.56 Å².